The number of nitro benzene ring substituents is 1. The Balaban J connectivity index is 2.19. The molecule has 0 aliphatic carbocycles. The van der Waals surface area contributed by atoms with Gasteiger partial charge in [0.2, 0.25) is 0 Å². The highest BCUT2D eigenvalue weighted by Crippen LogP contribution is 2.35. The minimum absolute atomic E-state index is 0.0613. The number of esters is 2. The Labute approximate surface area is 197 Å². The fourth-order valence-electron chi connectivity index (χ4n) is 3.53. The summed E-state index contributed by atoms with van der Waals surface area (Å²) < 4.78 is 10.6. The topological polar surface area (TPSA) is 108 Å². The summed E-state index contributed by atoms with van der Waals surface area (Å²) in [5.74, 6) is 3.82. The van der Waals surface area contributed by atoms with Gasteiger partial charge in [0.1, 0.15) is 0 Å². The highest BCUT2D eigenvalue weighted by molar-refractivity contribution is 6.04. The lowest BCUT2D eigenvalue weighted by Crippen LogP contribution is -2.33. The number of benzene rings is 2. The van der Waals surface area contributed by atoms with Gasteiger partial charge < -0.3 is 14.8 Å². The van der Waals surface area contributed by atoms with Crippen molar-refractivity contribution in [2.45, 2.75) is 20.8 Å². The van der Waals surface area contributed by atoms with Crippen LogP contribution in [0.15, 0.2) is 71.4 Å². The smallest absolute Gasteiger partial charge is 0.337 e. The molecule has 174 valence electrons. The molecule has 8 nitrogen and oxygen atoms in total. The van der Waals surface area contributed by atoms with E-state index in [1.807, 2.05) is 30.3 Å². The molecule has 8 heteroatoms. The average Bonchev–Trinajstić information content (AvgIpc) is 2.83. The van der Waals surface area contributed by atoms with E-state index in [2.05, 4.69) is 17.2 Å². The Kier molecular flexibility index (Phi) is 7.83. The summed E-state index contributed by atoms with van der Waals surface area (Å²) in [6, 6.07) is 14.9. The van der Waals surface area contributed by atoms with Crippen LogP contribution in [0.5, 0.6) is 0 Å². The molecule has 0 fully saturated rings. The number of hydrogen-bond donors (Lipinski definition) is 1. The molecule has 0 amide bonds. The lowest BCUT2D eigenvalue weighted by molar-refractivity contribution is -0.384. The Hall–Kier alpha value is -4.38. The summed E-state index contributed by atoms with van der Waals surface area (Å²) >= 11 is 0. The van der Waals surface area contributed by atoms with Crippen LogP contribution in [0.25, 0.3) is 5.70 Å². The third-order valence-corrected chi connectivity index (χ3v) is 5.06. The van der Waals surface area contributed by atoms with Crippen LogP contribution in [0, 0.1) is 27.9 Å². The fourth-order valence-corrected chi connectivity index (χ4v) is 3.53. The van der Waals surface area contributed by atoms with Crippen LogP contribution in [-0.4, -0.2) is 30.1 Å². The van der Waals surface area contributed by atoms with Crippen molar-refractivity contribution in [3.8, 4) is 11.8 Å². The largest absolute Gasteiger partial charge is 0.463 e. The summed E-state index contributed by atoms with van der Waals surface area (Å²) in [5, 5.41) is 14.1. The summed E-state index contributed by atoms with van der Waals surface area (Å²) in [6.07, 6.45) is 0. The maximum Gasteiger partial charge on any atom is 0.337 e. The van der Waals surface area contributed by atoms with Crippen molar-refractivity contribution in [3.63, 3.8) is 0 Å². The zero-order valence-corrected chi connectivity index (χ0v) is 19.1. The predicted octanol–water partition coefficient (Wildman–Crippen LogP) is 3.98. The van der Waals surface area contributed by atoms with E-state index in [-0.39, 0.29) is 30.0 Å². The first-order chi connectivity index (χ1) is 16.4. The zero-order chi connectivity index (χ0) is 24.7. The quantitative estimate of drug-likeness (QED) is 0.301. The molecule has 3 rings (SSSR count). The Morgan fingerprint density at radius 2 is 1.56 bits per heavy atom. The van der Waals surface area contributed by atoms with Crippen LogP contribution in [0.4, 0.5) is 5.69 Å². The third kappa shape index (κ3) is 5.33. The zero-order valence-electron chi connectivity index (χ0n) is 19.1. The molecule has 1 aliphatic heterocycles. The molecule has 1 aliphatic rings. The van der Waals surface area contributed by atoms with Gasteiger partial charge in [-0.1, -0.05) is 42.2 Å². The van der Waals surface area contributed by atoms with E-state index >= 15 is 0 Å². The molecule has 0 spiro atoms. The molecule has 2 aromatic rings. The second-order valence-electron chi connectivity index (χ2n) is 7.27. The number of allylic oxidation sites excluding steroid dienone is 1. The summed E-state index contributed by atoms with van der Waals surface area (Å²) in [6.45, 7) is 5.41. The molecule has 1 N–H and O–H groups in total. The van der Waals surface area contributed by atoms with E-state index in [0.717, 1.165) is 5.56 Å². The summed E-state index contributed by atoms with van der Waals surface area (Å²) in [7, 11) is 0. The lowest BCUT2D eigenvalue weighted by atomic mass is 9.84. The van der Waals surface area contributed by atoms with E-state index in [0.29, 0.717) is 17.0 Å². The number of ether oxygens (including phenoxy) is 2. The summed E-state index contributed by atoms with van der Waals surface area (Å²) in [5.41, 5.74) is 2.56. The molecule has 0 saturated heterocycles. The number of nitrogens with zero attached hydrogens (tertiary/aromatic N) is 1. The number of hydrogen-bond acceptors (Lipinski definition) is 7. The number of nitro groups is 1. The van der Waals surface area contributed by atoms with Crippen LogP contribution in [-0.2, 0) is 19.1 Å². The molecule has 0 aromatic heterocycles. The van der Waals surface area contributed by atoms with Crippen molar-refractivity contribution in [1.82, 2.24) is 5.32 Å². The van der Waals surface area contributed by atoms with Gasteiger partial charge in [0.05, 0.1) is 40.9 Å². The van der Waals surface area contributed by atoms with Gasteiger partial charge in [-0.2, -0.15) is 0 Å². The number of carbonyl (C=O) groups excluding carboxylic acids is 2. The standard InChI is InChI=1S/C26H24N2O6/c1-4-33-25(29)22-17(3)27-24(19-9-7-6-8-10-19)23(26(30)34-5-2)21(22)16-13-18-11-14-20(15-12-18)28(31)32/h6-12,14-15,21,27H,4-5H2,1-3H3/t21-/m0/s1. The van der Waals surface area contributed by atoms with Crippen molar-refractivity contribution in [2.24, 2.45) is 5.92 Å². The van der Waals surface area contributed by atoms with Gasteiger partial charge >= 0.3 is 11.9 Å². The highest BCUT2D eigenvalue weighted by Gasteiger charge is 2.37. The summed E-state index contributed by atoms with van der Waals surface area (Å²) in [4.78, 5) is 36.4. The van der Waals surface area contributed by atoms with Crippen LogP contribution >= 0.6 is 0 Å². The van der Waals surface area contributed by atoms with Gasteiger partial charge in [-0.3, -0.25) is 10.1 Å². The molecule has 0 radical (unpaired) electrons. The van der Waals surface area contributed by atoms with Gasteiger partial charge in [-0.25, -0.2) is 9.59 Å². The SMILES string of the molecule is CCOC(=O)C1=C(C)NC(c2ccccc2)=C(C(=O)OCC)[C@H]1C#Cc1ccc([N+](=O)[O-])cc1. The van der Waals surface area contributed by atoms with Gasteiger partial charge in [-0.15, -0.1) is 0 Å². The first kappa shape index (κ1) is 24.3. The number of carbonyl (C=O) groups is 2. The minimum atomic E-state index is -0.940. The van der Waals surface area contributed by atoms with E-state index in [4.69, 9.17) is 9.47 Å². The Morgan fingerprint density at radius 1 is 0.971 bits per heavy atom. The van der Waals surface area contributed by atoms with Crippen LogP contribution < -0.4 is 5.32 Å². The Morgan fingerprint density at radius 3 is 2.12 bits per heavy atom. The van der Waals surface area contributed by atoms with E-state index in [9.17, 15) is 19.7 Å². The van der Waals surface area contributed by atoms with Gasteiger partial charge in [0.25, 0.3) is 5.69 Å². The van der Waals surface area contributed by atoms with Crippen LogP contribution in [0.1, 0.15) is 31.9 Å². The molecular formula is C26H24N2O6. The molecule has 0 unspecified atom stereocenters. The minimum Gasteiger partial charge on any atom is -0.463 e. The maximum absolute atomic E-state index is 13.1. The molecule has 1 atom stereocenters. The van der Waals surface area contributed by atoms with Crippen molar-refractivity contribution in [1.29, 1.82) is 0 Å². The van der Waals surface area contributed by atoms with Crippen LogP contribution in [0.3, 0.4) is 0 Å². The van der Waals surface area contributed by atoms with E-state index in [1.165, 1.54) is 24.3 Å². The van der Waals surface area contributed by atoms with E-state index in [1.54, 1.807) is 20.8 Å². The van der Waals surface area contributed by atoms with Crippen molar-refractivity contribution in [3.05, 3.63) is 92.7 Å². The first-order valence-corrected chi connectivity index (χ1v) is 10.7. The Bertz CT molecular complexity index is 1220. The molecule has 1 heterocycles. The average molecular weight is 460 g/mol. The maximum atomic E-state index is 13.1. The third-order valence-electron chi connectivity index (χ3n) is 5.06. The van der Waals surface area contributed by atoms with Gasteiger partial charge in [0.15, 0.2) is 0 Å². The van der Waals surface area contributed by atoms with Crippen molar-refractivity contribution in [2.75, 3.05) is 13.2 Å². The van der Waals surface area contributed by atoms with Crippen molar-refractivity contribution >= 4 is 23.3 Å². The first-order valence-electron chi connectivity index (χ1n) is 10.7. The van der Waals surface area contributed by atoms with Gasteiger partial charge in [0, 0.05) is 23.4 Å². The molecule has 0 bridgehead atoms. The molecule has 34 heavy (non-hydrogen) atoms. The molecular weight excluding hydrogens is 436 g/mol. The second-order valence-corrected chi connectivity index (χ2v) is 7.27. The predicted molar refractivity (Wildman–Crippen MR) is 126 cm³/mol. The monoisotopic (exact) mass is 460 g/mol. The van der Waals surface area contributed by atoms with Crippen molar-refractivity contribution < 1.29 is 24.0 Å². The number of rotatable bonds is 6. The normalized spacial score (nSPS) is 15.1. The lowest BCUT2D eigenvalue weighted by Gasteiger charge is -2.28. The fraction of sp³-hybridized carbons (Fsp3) is 0.231. The molecule has 2 aromatic carbocycles. The molecule has 0 saturated carbocycles. The van der Waals surface area contributed by atoms with Crippen LogP contribution in [0.2, 0.25) is 0 Å². The number of dihydropyridines is 1. The second kappa shape index (κ2) is 11.0. The highest BCUT2D eigenvalue weighted by atomic mass is 16.6. The van der Waals surface area contributed by atoms with Gasteiger partial charge in [-0.05, 0) is 38.5 Å². The number of nitrogens with one attached hydrogen (secondary N) is 1. The van der Waals surface area contributed by atoms with E-state index < -0.39 is 22.8 Å². The number of non-ortho nitro benzene ring substituents is 1.